The molecule has 2 N–H and O–H groups in total. The van der Waals surface area contributed by atoms with Crippen LogP contribution in [0.25, 0.3) is 0 Å². The fraction of sp³-hybridized carbons (Fsp3) is 0.421. The first-order valence-corrected chi connectivity index (χ1v) is 8.83. The number of carbonyl (C=O) groups is 2. The van der Waals surface area contributed by atoms with E-state index in [9.17, 15) is 9.59 Å². The highest BCUT2D eigenvalue weighted by molar-refractivity contribution is 5.93. The Morgan fingerprint density at radius 1 is 1.08 bits per heavy atom. The second kappa shape index (κ2) is 8.46. The lowest BCUT2D eigenvalue weighted by molar-refractivity contribution is -0.124. The van der Waals surface area contributed by atoms with Gasteiger partial charge in [0.2, 0.25) is 11.8 Å². The molecule has 132 valence electrons. The quantitative estimate of drug-likeness (QED) is 0.813. The van der Waals surface area contributed by atoms with Gasteiger partial charge >= 0.3 is 0 Å². The van der Waals surface area contributed by atoms with Gasteiger partial charge in [-0.3, -0.25) is 14.3 Å². The molecule has 0 saturated heterocycles. The molecule has 0 atom stereocenters. The molecule has 2 aromatic rings. The number of rotatable bonds is 7. The van der Waals surface area contributed by atoms with Gasteiger partial charge in [0.1, 0.15) is 0 Å². The van der Waals surface area contributed by atoms with E-state index in [1.807, 2.05) is 36.5 Å². The molecule has 1 aromatic carbocycles. The summed E-state index contributed by atoms with van der Waals surface area (Å²) in [6, 6.07) is 11.7. The molecule has 3 rings (SSSR count). The highest BCUT2D eigenvalue weighted by Gasteiger charge is 2.18. The number of carbonyl (C=O) groups excluding carboxylic acids is 2. The molecule has 25 heavy (non-hydrogen) atoms. The molecule has 1 fully saturated rings. The van der Waals surface area contributed by atoms with Gasteiger partial charge in [-0.15, -0.1) is 0 Å². The predicted octanol–water partition coefficient (Wildman–Crippen LogP) is 2.57. The molecule has 6 heteroatoms. The molecule has 1 aliphatic rings. The van der Waals surface area contributed by atoms with Gasteiger partial charge in [-0.25, -0.2) is 0 Å². The van der Waals surface area contributed by atoms with Gasteiger partial charge in [0.15, 0.2) is 5.82 Å². The summed E-state index contributed by atoms with van der Waals surface area (Å²) in [6.07, 6.45) is 7.02. The van der Waals surface area contributed by atoms with E-state index in [0.717, 1.165) is 18.4 Å². The number of nitrogens with zero attached hydrogens (tertiary/aromatic N) is 2. The Labute approximate surface area is 147 Å². The summed E-state index contributed by atoms with van der Waals surface area (Å²) in [5.41, 5.74) is 1.14. The van der Waals surface area contributed by atoms with Crippen LogP contribution in [0.4, 0.5) is 5.82 Å². The monoisotopic (exact) mass is 340 g/mol. The Hall–Kier alpha value is -2.63. The van der Waals surface area contributed by atoms with Crippen molar-refractivity contribution in [3.05, 3.63) is 48.2 Å². The number of aromatic nitrogens is 2. The Kier molecular flexibility index (Phi) is 5.82. The molecule has 2 amide bonds. The van der Waals surface area contributed by atoms with E-state index in [2.05, 4.69) is 15.7 Å². The molecule has 0 unspecified atom stereocenters. The SMILES string of the molecule is O=C(CC1CCCC1)NCC(=O)Nc1ccn(Cc2ccccc2)n1. The summed E-state index contributed by atoms with van der Waals surface area (Å²) in [4.78, 5) is 23.8. The van der Waals surface area contributed by atoms with Crippen LogP contribution in [0.5, 0.6) is 0 Å². The van der Waals surface area contributed by atoms with Gasteiger partial charge in [-0.1, -0.05) is 43.2 Å². The zero-order chi connectivity index (χ0) is 17.5. The second-order valence-electron chi connectivity index (χ2n) is 6.56. The van der Waals surface area contributed by atoms with Crippen molar-refractivity contribution >= 4 is 17.6 Å². The second-order valence-corrected chi connectivity index (χ2v) is 6.56. The van der Waals surface area contributed by atoms with Crippen molar-refractivity contribution in [3.8, 4) is 0 Å². The highest BCUT2D eigenvalue weighted by Crippen LogP contribution is 2.27. The van der Waals surface area contributed by atoms with Crippen molar-refractivity contribution in [2.45, 2.75) is 38.6 Å². The third-order valence-corrected chi connectivity index (χ3v) is 4.49. The van der Waals surface area contributed by atoms with Crippen molar-refractivity contribution in [1.82, 2.24) is 15.1 Å². The van der Waals surface area contributed by atoms with E-state index in [1.165, 1.54) is 12.8 Å². The van der Waals surface area contributed by atoms with E-state index >= 15 is 0 Å². The number of hydrogen-bond acceptors (Lipinski definition) is 3. The minimum atomic E-state index is -0.260. The maximum absolute atomic E-state index is 11.9. The number of anilines is 1. The van der Waals surface area contributed by atoms with Crippen molar-refractivity contribution in [1.29, 1.82) is 0 Å². The normalized spacial score (nSPS) is 14.4. The standard InChI is InChI=1S/C19H24N4O2/c24-18(12-15-6-4-5-7-15)20-13-19(25)21-17-10-11-23(22-17)14-16-8-2-1-3-9-16/h1-3,8-11,15H,4-7,12-14H2,(H,20,24)(H,21,22,25). The van der Waals surface area contributed by atoms with Crippen molar-refractivity contribution in [3.63, 3.8) is 0 Å². The lowest BCUT2D eigenvalue weighted by Gasteiger charge is -2.09. The molecule has 0 spiro atoms. The Balaban J connectivity index is 1.41. The van der Waals surface area contributed by atoms with Crippen LogP contribution in [-0.2, 0) is 16.1 Å². The minimum absolute atomic E-state index is 0.0168. The molecule has 1 saturated carbocycles. The van der Waals surface area contributed by atoms with E-state index in [1.54, 1.807) is 10.7 Å². The number of hydrogen-bond donors (Lipinski definition) is 2. The van der Waals surface area contributed by atoms with Crippen LogP contribution in [0.1, 0.15) is 37.7 Å². The number of nitrogens with one attached hydrogen (secondary N) is 2. The average molecular weight is 340 g/mol. The first-order valence-electron chi connectivity index (χ1n) is 8.83. The first kappa shape index (κ1) is 17.2. The topological polar surface area (TPSA) is 76.0 Å². The van der Waals surface area contributed by atoms with Crippen LogP contribution in [0, 0.1) is 5.92 Å². The zero-order valence-electron chi connectivity index (χ0n) is 14.3. The third kappa shape index (κ3) is 5.45. The van der Waals surface area contributed by atoms with Crippen LogP contribution < -0.4 is 10.6 Å². The van der Waals surface area contributed by atoms with Crippen molar-refractivity contribution in [2.24, 2.45) is 5.92 Å². The third-order valence-electron chi connectivity index (χ3n) is 4.49. The van der Waals surface area contributed by atoms with Crippen LogP contribution in [-0.4, -0.2) is 28.1 Å². The Morgan fingerprint density at radius 2 is 1.84 bits per heavy atom. The summed E-state index contributed by atoms with van der Waals surface area (Å²) in [5.74, 6) is 0.670. The molecule has 1 heterocycles. The molecule has 6 nitrogen and oxygen atoms in total. The zero-order valence-corrected chi connectivity index (χ0v) is 14.3. The summed E-state index contributed by atoms with van der Waals surface area (Å²) in [6.45, 7) is 0.631. The number of benzene rings is 1. The lowest BCUT2D eigenvalue weighted by Crippen LogP contribution is -2.33. The van der Waals surface area contributed by atoms with Gasteiger partial charge in [0.05, 0.1) is 13.1 Å². The largest absolute Gasteiger partial charge is 0.347 e. The van der Waals surface area contributed by atoms with Crippen LogP contribution in [0.3, 0.4) is 0 Å². The molecule has 0 aliphatic heterocycles. The van der Waals surface area contributed by atoms with Crippen LogP contribution in [0.2, 0.25) is 0 Å². The lowest BCUT2D eigenvalue weighted by atomic mass is 10.0. The van der Waals surface area contributed by atoms with Gasteiger partial charge < -0.3 is 10.6 Å². The molecular weight excluding hydrogens is 316 g/mol. The molecule has 1 aliphatic carbocycles. The molecule has 0 bridgehead atoms. The maximum atomic E-state index is 11.9. The van der Waals surface area contributed by atoms with E-state index in [0.29, 0.717) is 24.7 Å². The fourth-order valence-electron chi connectivity index (χ4n) is 3.20. The first-order chi connectivity index (χ1) is 12.2. The summed E-state index contributed by atoms with van der Waals surface area (Å²) in [5, 5.41) is 9.73. The average Bonchev–Trinajstić information content (AvgIpc) is 3.26. The van der Waals surface area contributed by atoms with Gasteiger partial charge in [-0.2, -0.15) is 5.10 Å². The van der Waals surface area contributed by atoms with Crippen LogP contribution >= 0.6 is 0 Å². The fourth-order valence-corrected chi connectivity index (χ4v) is 3.20. The smallest absolute Gasteiger partial charge is 0.244 e. The van der Waals surface area contributed by atoms with Gasteiger partial charge in [0, 0.05) is 18.7 Å². The van der Waals surface area contributed by atoms with Gasteiger partial charge in [0.25, 0.3) is 0 Å². The summed E-state index contributed by atoms with van der Waals surface area (Å²) >= 11 is 0. The highest BCUT2D eigenvalue weighted by atomic mass is 16.2. The molecule has 1 aromatic heterocycles. The van der Waals surface area contributed by atoms with E-state index in [-0.39, 0.29) is 18.4 Å². The van der Waals surface area contributed by atoms with Crippen LogP contribution in [0.15, 0.2) is 42.6 Å². The van der Waals surface area contributed by atoms with Crippen molar-refractivity contribution in [2.75, 3.05) is 11.9 Å². The number of amides is 2. The molecular formula is C19H24N4O2. The van der Waals surface area contributed by atoms with Gasteiger partial charge in [-0.05, 0) is 24.3 Å². The summed E-state index contributed by atoms with van der Waals surface area (Å²) < 4.78 is 1.77. The van der Waals surface area contributed by atoms with E-state index in [4.69, 9.17) is 0 Å². The Bertz CT molecular complexity index is 705. The Morgan fingerprint density at radius 3 is 2.60 bits per heavy atom. The maximum Gasteiger partial charge on any atom is 0.244 e. The van der Waals surface area contributed by atoms with E-state index < -0.39 is 0 Å². The minimum Gasteiger partial charge on any atom is -0.347 e. The summed E-state index contributed by atoms with van der Waals surface area (Å²) in [7, 11) is 0. The molecule has 0 radical (unpaired) electrons. The predicted molar refractivity (Wildman–Crippen MR) is 96.0 cm³/mol. The van der Waals surface area contributed by atoms with Crippen molar-refractivity contribution < 1.29 is 9.59 Å².